The lowest BCUT2D eigenvalue weighted by Gasteiger charge is -2.10. The molecule has 0 N–H and O–H groups in total. The standard InChI is InChI=1S/C22H18N2O/c1-13(2)18-11-15(12-23)20-17-8-6-7-16(19-9-4-5-10-24-19)22(17)25-21(20)14(18)3/h4-11,13H,1-3H3. The summed E-state index contributed by atoms with van der Waals surface area (Å²) in [6.07, 6.45) is 1.78. The molecule has 2 aromatic carbocycles. The fourth-order valence-corrected chi connectivity index (χ4v) is 3.53. The Kier molecular flexibility index (Phi) is 3.54. The van der Waals surface area contributed by atoms with E-state index in [1.807, 2.05) is 42.5 Å². The van der Waals surface area contributed by atoms with Gasteiger partial charge < -0.3 is 4.42 Å². The molecule has 0 spiro atoms. The predicted molar refractivity (Wildman–Crippen MR) is 100 cm³/mol. The van der Waals surface area contributed by atoms with E-state index in [9.17, 15) is 5.26 Å². The van der Waals surface area contributed by atoms with Crippen molar-refractivity contribution in [1.82, 2.24) is 4.98 Å². The molecule has 0 bridgehead atoms. The number of aryl methyl sites for hydroxylation is 1. The van der Waals surface area contributed by atoms with Crippen molar-refractivity contribution in [2.45, 2.75) is 26.7 Å². The smallest absolute Gasteiger partial charge is 0.144 e. The molecule has 0 aliphatic heterocycles. The summed E-state index contributed by atoms with van der Waals surface area (Å²) in [7, 11) is 0. The van der Waals surface area contributed by atoms with Gasteiger partial charge in [-0.3, -0.25) is 4.98 Å². The number of para-hydroxylation sites is 1. The number of benzene rings is 2. The van der Waals surface area contributed by atoms with Crippen molar-refractivity contribution in [1.29, 1.82) is 5.26 Å². The van der Waals surface area contributed by atoms with Gasteiger partial charge in [0.1, 0.15) is 11.2 Å². The zero-order valence-corrected chi connectivity index (χ0v) is 14.5. The van der Waals surface area contributed by atoms with E-state index in [-0.39, 0.29) is 0 Å². The monoisotopic (exact) mass is 326 g/mol. The van der Waals surface area contributed by atoms with Gasteiger partial charge in [-0.1, -0.05) is 32.0 Å². The Balaban J connectivity index is 2.16. The van der Waals surface area contributed by atoms with Crippen LogP contribution in [0, 0.1) is 18.3 Å². The Hall–Kier alpha value is -3.12. The normalized spacial score (nSPS) is 11.3. The van der Waals surface area contributed by atoms with Gasteiger partial charge in [-0.05, 0) is 48.2 Å². The molecule has 4 rings (SSSR count). The molecule has 25 heavy (non-hydrogen) atoms. The number of rotatable bonds is 2. The number of nitriles is 1. The molecule has 0 atom stereocenters. The first-order valence-corrected chi connectivity index (χ1v) is 8.42. The van der Waals surface area contributed by atoms with Gasteiger partial charge in [0, 0.05) is 22.5 Å². The van der Waals surface area contributed by atoms with Crippen LogP contribution < -0.4 is 0 Å². The second-order valence-corrected chi connectivity index (χ2v) is 6.61. The van der Waals surface area contributed by atoms with Crippen LogP contribution in [-0.2, 0) is 0 Å². The lowest BCUT2D eigenvalue weighted by Crippen LogP contribution is -1.94. The van der Waals surface area contributed by atoms with E-state index in [0.717, 1.165) is 44.3 Å². The highest BCUT2D eigenvalue weighted by atomic mass is 16.3. The predicted octanol–water partition coefficient (Wildman–Crippen LogP) is 5.95. The molecule has 3 heteroatoms. The van der Waals surface area contributed by atoms with E-state index in [2.05, 4.69) is 31.8 Å². The summed E-state index contributed by atoms with van der Waals surface area (Å²) in [6, 6.07) is 16.2. The maximum atomic E-state index is 9.69. The van der Waals surface area contributed by atoms with Crippen molar-refractivity contribution < 1.29 is 4.42 Å². The Labute approximate surface area is 146 Å². The van der Waals surface area contributed by atoms with Gasteiger partial charge in [-0.25, -0.2) is 0 Å². The molecule has 0 saturated carbocycles. The number of nitrogens with zero attached hydrogens (tertiary/aromatic N) is 2. The zero-order valence-electron chi connectivity index (χ0n) is 14.5. The van der Waals surface area contributed by atoms with Crippen LogP contribution in [0.4, 0.5) is 0 Å². The van der Waals surface area contributed by atoms with E-state index in [1.54, 1.807) is 6.20 Å². The molecule has 0 aliphatic carbocycles. The first kappa shape index (κ1) is 15.4. The average molecular weight is 326 g/mol. The van der Waals surface area contributed by atoms with Crippen LogP contribution in [0.15, 0.2) is 53.1 Å². The minimum absolute atomic E-state index is 0.333. The minimum atomic E-state index is 0.333. The van der Waals surface area contributed by atoms with Crippen molar-refractivity contribution in [2.24, 2.45) is 0 Å². The van der Waals surface area contributed by atoms with Crippen LogP contribution in [0.3, 0.4) is 0 Å². The van der Waals surface area contributed by atoms with E-state index in [4.69, 9.17) is 4.42 Å². The van der Waals surface area contributed by atoms with E-state index in [1.165, 1.54) is 0 Å². The number of furan rings is 1. The molecular weight excluding hydrogens is 308 g/mol. The van der Waals surface area contributed by atoms with Crippen LogP contribution in [0.5, 0.6) is 0 Å². The molecule has 0 radical (unpaired) electrons. The molecule has 3 nitrogen and oxygen atoms in total. The summed E-state index contributed by atoms with van der Waals surface area (Å²) in [6.45, 7) is 6.34. The van der Waals surface area contributed by atoms with Gasteiger partial charge in [0.15, 0.2) is 0 Å². The van der Waals surface area contributed by atoms with Gasteiger partial charge in [-0.2, -0.15) is 5.26 Å². The topological polar surface area (TPSA) is 49.8 Å². The fourth-order valence-electron chi connectivity index (χ4n) is 3.53. The largest absolute Gasteiger partial charge is 0.455 e. The molecule has 0 amide bonds. The molecule has 2 aromatic heterocycles. The molecule has 122 valence electrons. The van der Waals surface area contributed by atoms with Gasteiger partial charge in [0.05, 0.1) is 17.3 Å². The third-order valence-electron chi connectivity index (χ3n) is 4.74. The van der Waals surface area contributed by atoms with Crippen molar-refractivity contribution in [3.8, 4) is 17.3 Å². The Morgan fingerprint density at radius 3 is 2.60 bits per heavy atom. The number of fused-ring (bicyclic) bond motifs is 3. The van der Waals surface area contributed by atoms with Crippen LogP contribution in [0.25, 0.3) is 33.2 Å². The van der Waals surface area contributed by atoms with E-state index >= 15 is 0 Å². The highest BCUT2D eigenvalue weighted by Gasteiger charge is 2.20. The van der Waals surface area contributed by atoms with Crippen LogP contribution in [0.2, 0.25) is 0 Å². The molecular formula is C22H18N2O. The first-order chi connectivity index (χ1) is 12.1. The van der Waals surface area contributed by atoms with Crippen LogP contribution in [0.1, 0.15) is 36.5 Å². The SMILES string of the molecule is Cc1c(C(C)C)cc(C#N)c2c1oc1c(-c3ccccn3)cccc12. The first-order valence-electron chi connectivity index (χ1n) is 8.42. The molecule has 0 saturated heterocycles. The number of aromatic nitrogens is 1. The van der Waals surface area contributed by atoms with Crippen molar-refractivity contribution in [3.63, 3.8) is 0 Å². The van der Waals surface area contributed by atoms with Gasteiger partial charge in [0.2, 0.25) is 0 Å². The van der Waals surface area contributed by atoms with Crippen LogP contribution >= 0.6 is 0 Å². The summed E-state index contributed by atoms with van der Waals surface area (Å²) < 4.78 is 6.31. The Morgan fingerprint density at radius 2 is 1.92 bits per heavy atom. The number of hydrogen-bond acceptors (Lipinski definition) is 3. The molecule has 4 aromatic rings. The van der Waals surface area contributed by atoms with Crippen molar-refractivity contribution >= 4 is 21.9 Å². The van der Waals surface area contributed by atoms with Gasteiger partial charge in [-0.15, -0.1) is 0 Å². The Morgan fingerprint density at radius 1 is 1.08 bits per heavy atom. The summed E-state index contributed by atoms with van der Waals surface area (Å²) in [5.41, 5.74) is 6.34. The lowest BCUT2D eigenvalue weighted by molar-refractivity contribution is 0.664. The molecule has 0 fully saturated rings. The second kappa shape index (κ2) is 5.75. The fraction of sp³-hybridized carbons (Fsp3) is 0.182. The second-order valence-electron chi connectivity index (χ2n) is 6.61. The maximum Gasteiger partial charge on any atom is 0.144 e. The van der Waals surface area contributed by atoms with E-state index < -0.39 is 0 Å². The van der Waals surface area contributed by atoms with Gasteiger partial charge >= 0.3 is 0 Å². The quantitative estimate of drug-likeness (QED) is 0.457. The minimum Gasteiger partial charge on any atom is -0.455 e. The average Bonchev–Trinajstić information content (AvgIpc) is 3.03. The third kappa shape index (κ3) is 2.30. The summed E-state index contributed by atoms with van der Waals surface area (Å²) in [5.74, 6) is 0.333. The summed E-state index contributed by atoms with van der Waals surface area (Å²) in [4.78, 5) is 4.46. The summed E-state index contributed by atoms with van der Waals surface area (Å²) in [5, 5.41) is 11.6. The van der Waals surface area contributed by atoms with Crippen molar-refractivity contribution in [3.05, 3.63) is 65.4 Å². The van der Waals surface area contributed by atoms with E-state index in [0.29, 0.717) is 11.5 Å². The Bertz CT molecular complexity index is 1130. The molecule has 2 heterocycles. The molecule has 0 unspecified atom stereocenters. The zero-order chi connectivity index (χ0) is 17.6. The number of hydrogen-bond donors (Lipinski definition) is 0. The van der Waals surface area contributed by atoms with Crippen LogP contribution in [-0.4, -0.2) is 4.98 Å². The maximum absolute atomic E-state index is 9.69. The third-order valence-corrected chi connectivity index (χ3v) is 4.74. The van der Waals surface area contributed by atoms with Gasteiger partial charge in [0.25, 0.3) is 0 Å². The highest BCUT2D eigenvalue weighted by Crippen LogP contribution is 2.40. The lowest BCUT2D eigenvalue weighted by atomic mass is 9.92. The number of pyridine rings is 1. The molecule has 0 aliphatic rings. The summed E-state index contributed by atoms with van der Waals surface area (Å²) >= 11 is 0. The highest BCUT2D eigenvalue weighted by molar-refractivity contribution is 6.12. The van der Waals surface area contributed by atoms with Crippen molar-refractivity contribution in [2.75, 3.05) is 0 Å².